The Morgan fingerprint density at radius 1 is 1.00 bits per heavy atom. The predicted octanol–water partition coefficient (Wildman–Crippen LogP) is 6.76. The molecule has 1 aliphatic rings. The topological polar surface area (TPSA) is 0 Å². The molecule has 0 aliphatic heterocycles. The Labute approximate surface area is 122 Å². The molecule has 0 aromatic heterocycles. The van der Waals surface area contributed by atoms with Crippen LogP contribution in [0.3, 0.4) is 0 Å². The van der Waals surface area contributed by atoms with E-state index < -0.39 is 0 Å². The fourth-order valence-electron chi connectivity index (χ4n) is 3.04. The quantitative estimate of drug-likeness (QED) is 0.270. The monoisotopic (exact) mass is 264 g/mol. The number of unbranched alkanes of at least 4 members (excludes halogenated alkanes) is 6. The number of hydrogen-bond donors (Lipinski definition) is 0. The highest BCUT2D eigenvalue weighted by molar-refractivity contribution is 4.93. The third-order valence-corrected chi connectivity index (χ3v) is 4.69. The molecule has 0 aromatic carbocycles. The molecule has 0 radical (unpaired) electrons. The molecule has 0 bridgehead atoms. The van der Waals surface area contributed by atoms with E-state index in [1.54, 1.807) is 0 Å². The molecular formula is C19H36. The van der Waals surface area contributed by atoms with Crippen molar-refractivity contribution in [2.75, 3.05) is 0 Å². The van der Waals surface area contributed by atoms with Crippen LogP contribution in [0.4, 0.5) is 0 Å². The molecule has 3 atom stereocenters. The van der Waals surface area contributed by atoms with Crippen LogP contribution in [0.1, 0.15) is 91.4 Å². The molecule has 3 unspecified atom stereocenters. The lowest BCUT2D eigenvalue weighted by Gasteiger charge is -2.12. The van der Waals surface area contributed by atoms with Gasteiger partial charge in [0.1, 0.15) is 0 Å². The van der Waals surface area contributed by atoms with Crippen LogP contribution < -0.4 is 0 Å². The summed E-state index contributed by atoms with van der Waals surface area (Å²) in [6.07, 6.45) is 20.5. The van der Waals surface area contributed by atoms with Crippen molar-refractivity contribution in [3.8, 4) is 0 Å². The van der Waals surface area contributed by atoms with Gasteiger partial charge in [0.15, 0.2) is 0 Å². The average Bonchev–Trinajstić information content (AvgIpc) is 3.09. The molecule has 0 aromatic rings. The third kappa shape index (κ3) is 8.50. The molecule has 19 heavy (non-hydrogen) atoms. The summed E-state index contributed by atoms with van der Waals surface area (Å²) in [5, 5.41) is 0. The summed E-state index contributed by atoms with van der Waals surface area (Å²) in [4.78, 5) is 0. The molecular weight excluding hydrogens is 228 g/mol. The van der Waals surface area contributed by atoms with Crippen LogP contribution in [0.25, 0.3) is 0 Å². The van der Waals surface area contributed by atoms with Gasteiger partial charge in [-0.3, -0.25) is 0 Å². The van der Waals surface area contributed by atoms with Crippen molar-refractivity contribution in [1.82, 2.24) is 0 Å². The fourth-order valence-corrected chi connectivity index (χ4v) is 3.04. The third-order valence-electron chi connectivity index (χ3n) is 4.69. The summed E-state index contributed by atoms with van der Waals surface area (Å²) < 4.78 is 0. The van der Waals surface area contributed by atoms with E-state index in [0.29, 0.717) is 0 Å². The zero-order valence-corrected chi connectivity index (χ0v) is 13.7. The highest BCUT2D eigenvalue weighted by atomic mass is 14.4. The Kier molecular flexibility index (Phi) is 9.30. The Morgan fingerprint density at radius 2 is 1.68 bits per heavy atom. The summed E-state index contributed by atoms with van der Waals surface area (Å²) in [5.41, 5.74) is 0. The second kappa shape index (κ2) is 10.5. The normalized spacial score (nSPS) is 23.9. The van der Waals surface area contributed by atoms with Crippen molar-refractivity contribution in [1.29, 1.82) is 0 Å². The second-order valence-electron chi connectivity index (χ2n) is 6.74. The largest absolute Gasteiger partial charge is 0.0883 e. The summed E-state index contributed by atoms with van der Waals surface area (Å²) in [6, 6.07) is 0. The first kappa shape index (κ1) is 16.8. The zero-order chi connectivity index (χ0) is 13.9. The minimum absolute atomic E-state index is 0.883. The summed E-state index contributed by atoms with van der Waals surface area (Å²) in [7, 11) is 0. The predicted molar refractivity (Wildman–Crippen MR) is 87.4 cm³/mol. The second-order valence-corrected chi connectivity index (χ2v) is 6.74. The molecule has 0 saturated heterocycles. The summed E-state index contributed by atoms with van der Waals surface area (Å²) >= 11 is 0. The van der Waals surface area contributed by atoms with Crippen LogP contribution in [-0.4, -0.2) is 0 Å². The first-order chi connectivity index (χ1) is 9.27. The standard InChI is InChI=1S/C19H36/c1-4-6-8-10-12-14-18(13-11-9-7-5-2)16-19-15-17(19)3/h12,14,17-19H,4-11,13,15-16H2,1-3H3. The van der Waals surface area contributed by atoms with E-state index in [9.17, 15) is 0 Å². The van der Waals surface area contributed by atoms with Crippen molar-refractivity contribution in [3.63, 3.8) is 0 Å². The Hall–Kier alpha value is -0.260. The van der Waals surface area contributed by atoms with Gasteiger partial charge in [0, 0.05) is 0 Å². The SMILES string of the molecule is CCCCCC=CC(CCCCCC)CC1CC1C. The van der Waals surface area contributed by atoms with Gasteiger partial charge < -0.3 is 0 Å². The van der Waals surface area contributed by atoms with Gasteiger partial charge in [-0.15, -0.1) is 0 Å². The Bertz CT molecular complexity index is 228. The number of hydrogen-bond acceptors (Lipinski definition) is 0. The van der Waals surface area contributed by atoms with E-state index in [2.05, 4.69) is 32.9 Å². The van der Waals surface area contributed by atoms with Gasteiger partial charge in [-0.2, -0.15) is 0 Å². The first-order valence-electron chi connectivity index (χ1n) is 8.94. The number of allylic oxidation sites excluding steroid dienone is 2. The Balaban J connectivity index is 2.19. The highest BCUT2D eigenvalue weighted by Gasteiger charge is 2.33. The van der Waals surface area contributed by atoms with Crippen LogP contribution >= 0.6 is 0 Å². The molecule has 0 heterocycles. The van der Waals surface area contributed by atoms with Gasteiger partial charge in [0.25, 0.3) is 0 Å². The van der Waals surface area contributed by atoms with E-state index in [1.165, 1.54) is 70.6 Å². The van der Waals surface area contributed by atoms with E-state index in [1.807, 2.05) is 0 Å². The van der Waals surface area contributed by atoms with Crippen molar-refractivity contribution < 1.29 is 0 Å². The van der Waals surface area contributed by atoms with Gasteiger partial charge in [-0.1, -0.05) is 71.4 Å². The van der Waals surface area contributed by atoms with Crippen molar-refractivity contribution in [2.24, 2.45) is 17.8 Å². The lowest BCUT2D eigenvalue weighted by molar-refractivity contribution is 0.465. The fraction of sp³-hybridized carbons (Fsp3) is 0.895. The zero-order valence-electron chi connectivity index (χ0n) is 13.7. The molecule has 1 saturated carbocycles. The van der Waals surface area contributed by atoms with E-state index in [-0.39, 0.29) is 0 Å². The lowest BCUT2D eigenvalue weighted by atomic mass is 9.93. The van der Waals surface area contributed by atoms with Gasteiger partial charge in [-0.05, 0) is 49.9 Å². The maximum Gasteiger partial charge on any atom is -0.0231 e. The lowest BCUT2D eigenvalue weighted by Crippen LogP contribution is -1.99. The van der Waals surface area contributed by atoms with Gasteiger partial charge in [0.2, 0.25) is 0 Å². The molecule has 1 rings (SSSR count). The minimum Gasteiger partial charge on any atom is -0.0883 e. The van der Waals surface area contributed by atoms with Crippen LogP contribution in [-0.2, 0) is 0 Å². The van der Waals surface area contributed by atoms with Crippen LogP contribution in [0.5, 0.6) is 0 Å². The smallest absolute Gasteiger partial charge is 0.0231 e. The first-order valence-corrected chi connectivity index (χ1v) is 8.94. The molecule has 0 N–H and O–H groups in total. The molecule has 1 aliphatic carbocycles. The maximum atomic E-state index is 2.56. The Morgan fingerprint density at radius 3 is 2.32 bits per heavy atom. The molecule has 112 valence electrons. The molecule has 0 nitrogen and oxygen atoms in total. The van der Waals surface area contributed by atoms with E-state index in [4.69, 9.17) is 0 Å². The minimum atomic E-state index is 0.883. The molecule has 0 heteroatoms. The van der Waals surface area contributed by atoms with Crippen molar-refractivity contribution in [3.05, 3.63) is 12.2 Å². The van der Waals surface area contributed by atoms with Gasteiger partial charge >= 0.3 is 0 Å². The molecule has 0 amide bonds. The van der Waals surface area contributed by atoms with E-state index in [0.717, 1.165) is 17.8 Å². The van der Waals surface area contributed by atoms with Crippen LogP contribution in [0.2, 0.25) is 0 Å². The average molecular weight is 264 g/mol. The maximum absolute atomic E-state index is 2.56. The van der Waals surface area contributed by atoms with Crippen LogP contribution in [0.15, 0.2) is 12.2 Å². The highest BCUT2D eigenvalue weighted by Crippen LogP contribution is 2.43. The van der Waals surface area contributed by atoms with Gasteiger partial charge in [-0.25, -0.2) is 0 Å². The number of rotatable bonds is 12. The summed E-state index contributed by atoms with van der Waals surface area (Å²) in [5.74, 6) is 2.96. The van der Waals surface area contributed by atoms with Crippen molar-refractivity contribution in [2.45, 2.75) is 91.4 Å². The van der Waals surface area contributed by atoms with Crippen molar-refractivity contribution >= 4 is 0 Å². The molecule has 1 fully saturated rings. The van der Waals surface area contributed by atoms with E-state index >= 15 is 0 Å². The van der Waals surface area contributed by atoms with Gasteiger partial charge in [0.05, 0.1) is 0 Å². The molecule has 0 spiro atoms. The summed E-state index contributed by atoms with van der Waals surface area (Å²) in [6.45, 7) is 7.01. The van der Waals surface area contributed by atoms with Crippen LogP contribution in [0, 0.1) is 17.8 Å².